The van der Waals surface area contributed by atoms with Gasteiger partial charge in [0.05, 0.1) is 0 Å². The first kappa shape index (κ1) is 11.1. The summed E-state index contributed by atoms with van der Waals surface area (Å²) in [5.41, 5.74) is 7.00. The summed E-state index contributed by atoms with van der Waals surface area (Å²) in [6.45, 7) is 0. The molecule has 2 aliphatic carbocycles. The standard InChI is InChI=1S/C21H14/c1-4-8-18-14(5-1)9-10-15-11-12-19-17-7-3-2-6-16(17)13-20(19)21(15)18/h1-13,19H. The molecule has 0 fully saturated rings. The molecule has 5 rings (SSSR count). The van der Waals surface area contributed by atoms with Gasteiger partial charge < -0.3 is 0 Å². The number of benzene rings is 3. The molecule has 98 valence electrons. The van der Waals surface area contributed by atoms with Crippen LogP contribution in [-0.2, 0) is 0 Å². The van der Waals surface area contributed by atoms with Crippen LogP contribution in [0.5, 0.6) is 0 Å². The molecule has 2 aliphatic rings. The van der Waals surface area contributed by atoms with Crippen molar-refractivity contribution in [3.8, 4) is 0 Å². The summed E-state index contributed by atoms with van der Waals surface area (Å²) in [5, 5.41) is 2.69. The minimum absolute atomic E-state index is 0.416. The predicted octanol–water partition coefficient (Wildman–Crippen LogP) is 5.50. The fourth-order valence-electron chi connectivity index (χ4n) is 3.73. The summed E-state index contributed by atoms with van der Waals surface area (Å²) >= 11 is 0. The van der Waals surface area contributed by atoms with Gasteiger partial charge in [-0.2, -0.15) is 0 Å². The lowest BCUT2D eigenvalue weighted by Crippen LogP contribution is -2.02. The van der Waals surface area contributed by atoms with Gasteiger partial charge in [-0.1, -0.05) is 72.8 Å². The summed E-state index contributed by atoms with van der Waals surface area (Å²) in [6.07, 6.45) is 7.00. The van der Waals surface area contributed by atoms with Gasteiger partial charge in [0.15, 0.2) is 0 Å². The molecular formula is C21H14. The van der Waals surface area contributed by atoms with Crippen LogP contribution in [-0.4, -0.2) is 0 Å². The number of hydrogen-bond acceptors (Lipinski definition) is 0. The molecule has 0 bridgehead atoms. The van der Waals surface area contributed by atoms with Gasteiger partial charge in [0.2, 0.25) is 0 Å². The Labute approximate surface area is 124 Å². The maximum Gasteiger partial charge on any atom is 0.0285 e. The molecule has 3 aromatic rings. The van der Waals surface area contributed by atoms with Crippen LogP contribution in [0.2, 0.25) is 0 Å². The first-order valence-corrected chi connectivity index (χ1v) is 7.43. The average Bonchev–Trinajstić information content (AvgIpc) is 2.93. The minimum atomic E-state index is 0.416. The van der Waals surface area contributed by atoms with Crippen molar-refractivity contribution in [3.63, 3.8) is 0 Å². The molecule has 0 amide bonds. The van der Waals surface area contributed by atoms with E-state index >= 15 is 0 Å². The van der Waals surface area contributed by atoms with Crippen molar-refractivity contribution in [2.75, 3.05) is 0 Å². The minimum Gasteiger partial charge on any atom is -0.0720 e. The topological polar surface area (TPSA) is 0 Å². The van der Waals surface area contributed by atoms with E-state index in [0.717, 1.165) is 0 Å². The molecule has 0 spiro atoms. The van der Waals surface area contributed by atoms with E-state index in [9.17, 15) is 0 Å². The highest BCUT2D eigenvalue weighted by molar-refractivity contribution is 6.06. The molecule has 3 aromatic carbocycles. The van der Waals surface area contributed by atoms with Crippen LogP contribution in [0.1, 0.15) is 28.2 Å². The Kier molecular flexibility index (Phi) is 2.09. The van der Waals surface area contributed by atoms with E-state index in [1.165, 1.54) is 38.6 Å². The second kappa shape index (κ2) is 3.95. The molecule has 0 N–H and O–H groups in total. The normalized spacial score (nSPS) is 18.1. The van der Waals surface area contributed by atoms with Gasteiger partial charge in [0, 0.05) is 5.92 Å². The van der Waals surface area contributed by atoms with Crippen molar-refractivity contribution in [1.29, 1.82) is 0 Å². The average molecular weight is 266 g/mol. The molecule has 1 unspecified atom stereocenters. The fraction of sp³-hybridized carbons (Fsp3) is 0.0476. The number of allylic oxidation sites excluding steroid dienone is 2. The fourth-order valence-corrected chi connectivity index (χ4v) is 3.73. The Morgan fingerprint density at radius 2 is 1.57 bits per heavy atom. The smallest absolute Gasteiger partial charge is 0.0285 e. The number of fused-ring (bicyclic) bond motifs is 7. The first-order chi connectivity index (χ1) is 10.4. The third-order valence-electron chi connectivity index (χ3n) is 4.70. The van der Waals surface area contributed by atoms with Crippen LogP contribution in [0.25, 0.3) is 28.5 Å². The van der Waals surface area contributed by atoms with E-state index in [1.54, 1.807) is 0 Å². The third-order valence-corrected chi connectivity index (χ3v) is 4.70. The van der Waals surface area contributed by atoms with Gasteiger partial charge >= 0.3 is 0 Å². The molecular weight excluding hydrogens is 252 g/mol. The predicted molar refractivity (Wildman–Crippen MR) is 90.0 cm³/mol. The van der Waals surface area contributed by atoms with E-state index < -0.39 is 0 Å². The second-order valence-corrected chi connectivity index (χ2v) is 5.82. The highest BCUT2D eigenvalue weighted by Gasteiger charge is 2.28. The molecule has 0 nitrogen and oxygen atoms in total. The van der Waals surface area contributed by atoms with E-state index in [-0.39, 0.29) is 0 Å². The van der Waals surface area contributed by atoms with Gasteiger partial charge in [-0.25, -0.2) is 0 Å². The van der Waals surface area contributed by atoms with Crippen LogP contribution in [0, 0.1) is 0 Å². The molecule has 0 aliphatic heterocycles. The zero-order valence-electron chi connectivity index (χ0n) is 11.6. The maximum atomic E-state index is 2.37. The molecule has 21 heavy (non-hydrogen) atoms. The largest absolute Gasteiger partial charge is 0.0720 e. The zero-order chi connectivity index (χ0) is 13.8. The zero-order valence-corrected chi connectivity index (χ0v) is 11.6. The highest BCUT2D eigenvalue weighted by Crippen LogP contribution is 2.48. The Balaban J connectivity index is 1.86. The van der Waals surface area contributed by atoms with Crippen LogP contribution in [0.3, 0.4) is 0 Å². The quantitative estimate of drug-likeness (QED) is 0.503. The van der Waals surface area contributed by atoms with Crippen LogP contribution < -0.4 is 0 Å². The van der Waals surface area contributed by atoms with Crippen molar-refractivity contribution >= 4 is 28.5 Å². The van der Waals surface area contributed by atoms with Crippen molar-refractivity contribution in [2.24, 2.45) is 0 Å². The third kappa shape index (κ3) is 1.45. The molecule has 0 radical (unpaired) electrons. The van der Waals surface area contributed by atoms with E-state index in [2.05, 4.69) is 78.9 Å². The number of rotatable bonds is 0. The van der Waals surface area contributed by atoms with Crippen molar-refractivity contribution in [1.82, 2.24) is 0 Å². The Morgan fingerprint density at radius 3 is 2.57 bits per heavy atom. The van der Waals surface area contributed by atoms with E-state index in [1.807, 2.05) is 0 Å². The second-order valence-electron chi connectivity index (χ2n) is 5.82. The molecule has 0 saturated heterocycles. The lowest BCUT2D eigenvalue weighted by Gasteiger charge is -2.21. The molecule has 0 heterocycles. The van der Waals surface area contributed by atoms with Crippen LogP contribution >= 0.6 is 0 Å². The van der Waals surface area contributed by atoms with Crippen molar-refractivity contribution < 1.29 is 0 Å². The van der Waals surface area contributed by atoms with E-state index in [4.69, 9.17) is 0 Å². The summed E-state index contributed by atoms with van der Waals surface area (Å²) in [5.74, 6) is 0.416. The van der Waals surface area contributed by atoms with Gasteiger partial charge in [0.1, 0.15) is 0 Å². The molecule has 0 aromatic heterocycles. The molecule has 1 atom stereocenters. The maximum absolute atomic E-state index is 2.37. The summed E-state index contributed by atoms with van der Waals surface area (Å²) in [7, 11) is 0. The number of hydrogen-bond donors (Lipinski definition) is 0. The van der Waals surface area contributed by atoms with Crippen molar-refractivity contribution in [3.05, 3.63) is 89.0 Å². The highest BCUT2D eigenvalue weighted by atomic mass is 14.3. The lowest BCUT2D eigenvalue weighted by atomic mass is 9.82. The van der Waals surface area contributed by atoms with Crippen LogP contribution in [0.15, 0.2) is 66.7 Å². The van der Waals surface area contributed by atoms with Gasteiger partial charge in [-0.05, 0) is 44.7 Å². The Bertz CT molecular complexity index is 941. The summed E-state index contributed by atoms with van der Waals surface area (Å²) in [4.78, 5) is 0. The van der Waals surface area contributed by atoms with Gasteiger partial charge in [0.25, 0.3) is 0 Å². The Hall–Kier alpha value is -2.60. The molecule has 0 heteroatoms. The van der Waals surface area contributed by atoms with Gasteiger partial charge in [-0.3, -0.25) is 0 Å². The Morgan fingerprint density at radius 1 is 0.714 bits per heavy atom. The lowest BCUT2D eigenvalue weighted by molar-refractivity contribution is 1.13. The monoisotopic (exact) mass is 266 g/mol. The summed E-state index contributed by atoms with van der Waals surface area (Å²) in [6, 6.07) is 21.9. The van der Waals surface area contributed by atoms with Crippen molar-refractivity contribution in [2.45, 2.75) is 5.92 Å². The summed E-state index contributed by atoms with van der Waals surface area (Å²) < 4.78 is 0. The first-order valence-electron chi connectivity index (χ1n) is 7.43. The van der Waals surface area contributed by atoms with Crippen LogP contribution in [0.4, 0.5) is 0 Å². The molecule has 0 saturated carbocycles. The van der Waals surface area contributed by atoms with Gasteiger partial charge in [-0.15, -0.1) is 0 Å². The SMILES string of the molecule is C1=CC2C(=Cc3ccccc32)c2c1ccc1ccccc21. The van der Waals surface area contributed by atoms with E-state index in [0.29, 0.717) is 5.92 Å².